The average molecular weight is 399 g/mol. The summed E-state index contributed by atoms with van der Waals surface area (Å²) in [4.78, 5) is 12.7. The molecule has 0 radical (unpaired) electrons. The fourth-order valence-corrected chi connectivity index (χ4v) is 3.79. The van der Waals surface area contributed by atoms with Crippen molar-refractivity contribution < 1.29 is 9.53 Å². The van der Waals surface area contributed by atoms with Crippen LogP contribution in [0, 0.1) is 13.8 Å². The third-order valence-electron chi connectivity index (χ3n) is 5.70. The zero-order chi connectivity index (χ0) is 21.1. The zero-order valence-electron chi connectivity index (χ0n) is 17.6. The van der Waals surface area contributed by atoms with E-state index in [0.29, 0.717) is 12.1 Å². The molecular weight excluding hydrogens is 372 g/mol. The predicted molar refractivity (Wildman–Crippen MR) is 121 cm³/mol. The maximum atomic E-state index is 12.7. The van der Waals surface area contributed by atoms with Crippen molar-refractivity contribution in [3.63, 3.8) is 0 Å². The quantitative estimate of drug-likeness (QED) is 0.482. The van der Waals surface area contributed by atoms with Crippen LogP contribution in [0.1, 0.15) is 32.7 Å². The van der Waals surface area contributed by atoms with Crippen LogP contribution in [0.15, 0.2) is 72.8 Å². The van der Waals surface area contributed by atoms with Gasteiger partial charge in [0, 0.05) is 35.2 Å². The molecule has 4 rings (SSSR count). The second-order valence-corrected chi connectivity index (χ2v) is 7.54. The third kappa shape index (κ3) is 3.94. The van der Waals surface area contributed by atoms with E-state index in [9.17, 15) is 4.79 Å². The maximum absolute atomic E-state index is 12.7. The lowest BCUT2D eigenvalue weighted by Crippen LogP contribution is -2.22. The summed E-state index contributed by atoms with van der Waals surface area (Å²) in [5.41, 5.74) is 6.57. The van der Waals surface area contributed by atoms with E-state index < -0.39 is 0 Å². The van der Waals surface area contributed by atoms with Crippen molar-refractivity contribution in [3.05, 3.63) is 101 Å². The molecule has 0 atom stereocenters. The fraction of sp³-hybridized carbons (Fsp3) is 0.192. The number of hydrogen-bond donors (Lipinski definition) is 1. The van der Waals surface area contributed by atoms with Crippen LogP contribution in [0.3, 0.4) is 0 Å². The number of amides is 1. The standard InChI is InChI=1S/C26H26N2O2/c1-18-19(2)28(17-21-7-5-4-6-8-21)25-14-11-22(15-24(18)25)26(29)27-16-20-9-12-23(30-3)13-10-20/h4-15H,16-17H2,1-3H3,(H,27,29). The lowest BCUT2D eigenvalue weighted by Gasteiger charge is -2.09. The van der Waals surface area contributed by atoms with Gasteiger partial charge in [0.05, 0.1) is 7.11 Å². The van der Waals surface area contributed by atoms with Gasteiger partial charge in [0.15, 0.2) is 0 Å². The van der Waals surface area contributed by atoms with Gasteiger partial charge in [0.2, 0.25) is 0 Å². The fourth-order valence-electron chi connectivity index (χ4n) is 3.79. The number of hydrogen-bond acceptors (Lipinski definition) is 2. The van der Waals surface area contributed by atoms with Crippen molar-refractivity contribution in [1.82, 2.24) is 9.88 Å². The molecule has 0 bridgehead atoms. The van der Waals surface area contributed by atoms with Crippen molar-refractivity contribution in [1.29, 1.82) is 0 Å². The van der Waals surface area contributed by atoms with Gasteiger partial charge in [-0.25, -0.2) is 0 Å². The van der Waals surface area contributed by atoms with Crippen molar-refractivity contribution in [2.45, 2.75) is 26.9 Å². The van der Waals surface area contributed by atoms with E-state index in [0.717, 1.165) is 28.8 Å². The van der Waals surface area contributed by atoms with Crippen LogP contribution in [-0.4, -0.2) is 17.6 Å². The van der Waals surface area contributed by atoms with E-state index in [4.69, 9.17) is 4.74 Å². The van der Waals surface area contributed by atoms with E-state index in [1.807, 2.05) is 42.5 Å². The molecule has 152 valence electrons. The van der Waals surface area contributed by atoms with Gasteiger partial charge >= 0.3 is 0 Å². The molecule has 4 heteroatoms. The van der Waals surface area contributed by atoms with Gasteiger partial charge in [-0.3, -0.25) is 4.79 Å². The molecule has 0 aliphatic carbocycles. The molecule has 0 saturated carbocycles. The van der Waals surface area contributed by atoms with Gasteiger partial charge in [0.1, 0.15) is 5.75 Å². The smallest absolute Gasteiger partial charge is 0.251 e. The van der Waals surface area contributed by atoms with Gasteiger partial charge in [-0.2, -0.15) is 0 Å². The highest BCUT2D eigenvalue weighted by atomic mass is 16.5. The van der Waals surface area contributed by atoms with Crippen LogP contribution in [0.2, 0.25) is 0 Å². The summed E-state index contributed by atoms with van der Waals surface area (Å²) >= 11 is 0. The molecule has 0 unspecified atom stereocenters. The number of carbonyl (C=O) groups is 1. The Labute approximate surface area is 177 Å². The highest BCUT2D eigenvalue weighted by Gasteiger charge is 2.14. The number of nitrogens with one attached hydrogen (secondary N) is 1. The van der Waals surface area contributed by atoms with Gasteiger partial charge in [-0.15, -0.1) is 0 Å². The first-order chi connectivity index (χ1) is 14.6. The Bertz CT molecular complexity index is 1180. The van der Waals surface area contributed by atoms with Crippen molar-refractivity contribution in [2.75, 3.05) is 7.11 Å². The first-order valence-corrected chi connectivity index (χ1v) is 10.1. The Morgan fingerprint density at radius 3 is 2.37 bits per heavy atom. The summed E-state index contributed by atoms with van der Waals surface area (Å²) in [6.45, 7) is 5.56. The monoisotopic (exact) mass is 398 g/mol. The maximum Gasteiger partial charge on any atom is 0.251 e. The molecule has 0 fully saturated rings. The van der Waals surface area contributed by atoms with E-state index in [1.165, 1.54) is 16.8 Å². The predicted octanol–water partition coefficient (Wildman–Crippen LogP) is 5.25. The van der Waals surface area contributed by atoms with Gasteiger partial charge in [-0.05, 0) is 60.9 Å². The van der Waals surface area contributed by atoms with Crippen molar-refractivity contribution >= 4 is 16.8 Å². The van der Waals surface area contributed by atoms with Crippen molar-refractivity contribution in [3.8, 4) is 5.75 Å². The minimum absolute atomic E-state index is 0.0689. The number of aromatic nitrogens is 1. The summed E-state index contributed by atoms with van der Waals surface area (Å²) in [5.74, 6) is 0.738. The van der Waals surface area contributed by atoms with E-state index in [2.05, 4.69) is 54.1 Å². The number of ether oxygens (including phenoxy) is 1. The van der Waals surface area contributed by atoms with Gasteiger partial charge < -0.3 is 14.6 Å². The van der Waals surface area contributed by atoms with E-state index >= 15 is 0 Å². The molecular formula is C26H26N2O2. The lowest BCUT2D eigenvalue weighted by molar-refractivity contribution is 0.0951. The minimum atomic E-state index is -0.0689. The normalized spacial score (nSPS) is 10.9. The largest absolute Gasteiger partial charge is 0.497 e. The molecule has 1 N–H and O–H groups in total. The molecule has 3 aromatic carbocycles. The van der Waals surface area contributed by atoms with E-state index in [1.54, 1.807) is 7.11 Å². The van der Waals surface area contributed by atoms with E-state index in [-0.39, 0.29) is 5.91 Å². The molecule has 30 heavy (non-hydrogen) atoms. The van der Waals surface area contributed by atoms with Crippen LogP contribution < -0.4 is 10.1 Å². The highest BCUT2D eigenvalue weighted by molar-refractivity contribution is 5.99. The van der Waals surface area contributed by atoms with Crippen LogP contribution in [0.4, 0.5) is 0 Å². The SMILES string of the molecule is COc1ccc(CNC(=O)c2ccc3c(c2)c(C)c(C)n3Cc2ccccc2)cc1. The molecule has 0 aliphatic heterocycles. The molecule has 1 amide bonds. The molecule has 0 aliphatic rings. The van der Waals surface area contributed by atoms with Gasteiger partial charge in [0.25, 0.3) is 5.91 Å². The number of methoxy groups -OCH3 is 1. The Morgan fingerprint density at radius 2 is 1.67 bits per heavy atom. The number of aryl methyl sites for hydroxylation is 1. The Kier molecular flexibility index (Phi) is 5.57. The number of benzene rings is 3. The van der Waals surface area contributed by atoms with Crippen molar-refractivity contribution in [2.24, 2.45) is 0 Å². The number of nitrogens with zero attached hydrogens (tertiary/aromatic N) is 1. The summed E-state index contributed by atoms with van der Waals surface area (Å²) in [6, 6.07) is 24.1. The molecule has 0 saturated heterocycles. The summed E-state index contributed by atoms with van der Waals surface area (Å²) < 4.78 is 7.49. The number of rotatable bonds is 6. The second-order valence-electron chi connectivity index (χ2n) is 7.54. The number of carbonyl (C=O) groups excluding carboxylic acids is 1. The minimum Gasteiger partial charge on any atom is -0.497 e. The second kappa shape index (κ2) is 8.46. The van der Waals surface area contributed by atoms with Crippen LogP contribution >= 0.6 is 0 Å². The summed E-state index contributed by atoms with van der Waals surface area (Å²) in [5, 5.41) is 4.14. The number of fused-ring (bicyclic) bond motifs is 1. The molecule has 4 nitrogen and oxygen atoms in total. The summed E-state index contributed by atoms with van der Waals surface area (Å²) in [6.07, 6.45) is 0. The Morgan fingerprint density at radius 1 is 0.933 bits per heavy atom. The molecule has 1 aromatic heterocycles. The average Bonchev–Trinajstić information content (AvgIpc) is 3.03. The molecule has 1 heterocycles. The molecule has 0 spiro atoms. The summed E-state index contributed by atoms with van der Waals surface area (Å²) in [7, 11) is 1.64. The van der Waals surface area contributed by atoms with Crippen LogP contribution in [-0.2, 0) is 13.1 Å². The topological polar surface area (TPSA) is 43.3 Å². The van der Waals surface area contributed by atoms with Crippen LogP contribution in [0.25, 0.3) is 10.9 Å². The third-order valence-corrected chi connectivity index (χ3v) is 5.70. The highest BCUT2D eigenvalue weighted by Crippen LogP contribution is 2.27. The van der Waals surface area contributed by atoms with Crippen LogP contribution in [0.5, 0.6) is 5.75 Å². The Balaban J connectivity index is 1.55. The zero-order valence-corrected chi connectivity index (χ0v) is 17.6. The van der Waals surface area contributed by atoms with Gasteiger partial charge in [-0.1, -0.05) is 42.5 Å². The Hall–Kier alpha value is -3.53. The first kappa shape index (κ1) is 19.8. The molecule has 4 aromatic rings. The first-order valence-electron chi connectivity index (χ1n) is 10.1. The lowest BCUT2D eigenvalue weighted by atomic mass is 10.1.